The molecular formula is C19H19ClN2O3. The van der Waals surface area contributed by atoms with Crippen molar-refractivity contribution in [3.63, 3.8) is 0 Å². The highest BCUT2D eigenvalue weighted by Crippen LogP contribution is 2.15. The van der Waals surface area contributed by atoms with Crippen LogP contribution in [0.3, 0.4) is 0 Å². The topological polar surface area (TPSA) is 64.3 Å². The minimum Gasteiger partial charge on any atom is -0.491 e. The Morgan fingerprint density at radius 2 is 2.12 bits per heavy atom. The number of aryl methyl sites for hydroxylation is 1. The first-order valence-corrected chi connectivity index (χ1v) is 8.49. The Morgan fingerprint density at radius 3 is 2.92 bits per heavy atom. The second-order valence-electron chi connectivity index (χ2n) is 5.83. The molecule has 0 fully saturated rings. The van der Waals surface area contributed by atoms with Crippen LogP contribution in [-0.2, 0) is 13.0 Å². The average molecular weight is 359 g/mol. The van der Waals surface area contributed by atoms with E-state index in [2.05, 4.69) is 11.9 Å². The molecule has 5 nitrogen and oxygen atoms in total. The molecule has 3 aromatic rings. The normalized spacial score (nSPS) is 12.3. The fourth-order valence-electron chi connectivity index (χ4n) is 2.59. The fraction of sp³-hybridized carbons (Fsp3) is 0.263. The molecule has 2 aromatic carbocycles. The molecule has 0 amide bonds. The first-order chi connectivity index (χ1) is 12.1. The monoisotopic (exact) mass is 358 g/mol. The van der Waals surface area contributed by atoms with Crippen LogP contribution in [0.2, 0.25) is 5.02 Å². The summed E-state index contributed by atoms with van der Waals surface area (Å²) < 4.78 is 7.00. The molecule has 0 saturated heterocycles. The van der Waals surface area contributed by atoms with E-state index in [0.29, 0.717) is 21.7 Å². The largest absolute Gasteiger partial charge is 0.491 e. The minimum atomic E-state index is -0.825. The summed E-state index contributed by atoms with van der Waals surface area (Å²) >= 11 is 5.91. The quantitative estimate of drug-likeness (QED) is 0.735. The van der Waals surface area contributed by atoms with Crippen molar-refractivity contribution < 1.29 is 9.84 Å². The number of nitrogens with zero attached hydrogens (tertiary/aromatic N) is 2. The van der Waals surface area contributed by atoms with Crippen LogP contribution in [0.4, 0.5) is 0 Å². The molecule has 0 aliphatic carbocycles. The lowest BCUT2D eigenvalue weighted by molar-refractivity contribution is 0.0914. The van der Waals surface area contributed by atoms with Gasteiger partial charge in [-0.1, -0.05) is 30.7 Å². The van der Waals surface area contributed by atoms with Gasteiger partial charge in [-0.25, -0.2) is 4.98 Å². The molecule has 1 aromatic heterocycles. The summed E-state index contributed by atoms with van der Waals surface area (Å²) in [6, 6.07) is 12.7. The second kappa shape index (κ2) is 7.68. The highest BCUT2D eigenvalue weighted by molar-refractivity contribution is 6.31. The molecule has 0 radical (unpaired) electrons. The first kappa shape index (κ1) is 17.5. The number of hydrogen-bond donors (Lipinski definition) is 1. The Morgan fingerprint density at radius 1 is 1.28 bits per heavy atom. The maximum absolute atomic E-state index is 12.5. The Kier molecular flexibility index (Phi) is 5.36. The molecule has 0 aliphatic rings. The minimum absolute atomic E-state index is 0.0955. The third-order valence-corrected chi connectivity index (χ3v) is 4.18. The van der Waals surface area contributed by atoms with Crippen molar-refractivity contribution in [3.8, 4) is 5.75 Å². The zero-order valence-corrected chi connectivity index (χ0v) is 14.6. The van der Waals surface area contributed by atoms with Crippen LogP contribution in [0.25, 0.3) is 10.9 Å². The van der Waals surface area contributed by atoms with Gasteiger partial charge in [0.05, 0.1) is 23.8 Å². The predicted octanol–water partition coefficient (Wildman–Crippen LogP) is 3.05. The SMILES string of the molecule is CCc1cccc(OC[C@@H](O)Cn2cnc3cc(Cl)ccc3c2=O)c1. The van der Waals surface area contributed by atoms with Gasteiger partial charge in [-0.15, -0.1) is 0 Å². The van der Waals surface area contributed by atoms with Crippen molar-refractivity contribution in [2.45, 2.75) is 26.0 Å². The highest BCUT2D eigenvalue weighted by atomic mass is 35.5. The molecule has 6 heteroatoms. The molecule has 0 bridgehead atoms. The molecular weight excluding hydrogens is 340 g/mol. The summed E-state index contributed by atoms with van der Waals surface area (Å²) in [4.78, 5) is 16.7. The van der Waals surface area contributed by atoms with Crippen molar-refractivity contribution in [1.29, 1.82) is 0 Å². The summed E-state index contributed by atoms with van der Waals surface area (Å²) in [5.41, 5.74) is 1.49. The van der Waals surface area contributed by atoms with E-state index in [1.54, 1.807) is 18.2 Å². The van der Waals surface area contributed by atoms with E-state index in [1.165, 1.54) is 16.5 Å². The number of halogens is 1. The van der Waals surface area contributed by atoms with E-state index in [9.17, 15) is 9.90 Å². The Labute approximate surface area is 150 Å². The van der Waals surface area contributed by atoms with Crippen LogP contribution in [0.15, 0.2) is 53.6 Å². The van der Waals surface area contributed by atoms with Gasteiger partial charge in [-0.05, 0) is 42.3 Å². The van der Waals surface area contributed by atoms with Gasteiger partial charge >= 0.3 is 0 Å². The third-order valence-electron chi connectivity index (χ3n) is 3.94. The molecule has 0 aliphatic heterocycles. The van der Waals surface area contributed by atoms with Gasteiger partial charge in [0.1, 0.15) is 18.5 Å². The van der Waals surface area contributed by atoms with Crippen LogP contribution in [0.1, 0.15) is 12.5 Å². The van der Waals surface area contributed by atoms with Gasteiger partial charge in [0, 0.05) is 5.02 Å². The van der Waals surface area contributed by atoms with Crippen LogP contribution < -0.4 is 10.3 Å². The van der Waals surface area contributed by atoms with Gasteiger partial charge in [0.2, 0.25) is 0 Å². The van der Waals surface area contributed by atoms with Crippen LogP contribution >= 0.6 is 11.6 Å². The maximum atomic E-state index is 12.5. The molecule has 0 saturated carbocycles. The Balaban J connectivity index is 1.69. The lowest BCUT2D eigenvalue weighted by atomic mass is 10.2. The predicted molar refractivity (Wildman–Crippen MR) is 98.3 cm³/mol. The summed E-state index contributed by atoms with van der Waals surface area (Å²) in [5.74, 6) is 0.706. The van der Waals surface area contributed by atoms with Crippen molar-refractivity contribution in [2.24, 2.45) is 0 Å². The number of rotatable bonds is 6. The van der Waals surface area contributed by atoms with Gasteiger partial charge < -0.3 is 9.84 Å². The Hall–Kier alpha value is -2.37. The number of aliphatic hydroxyl groups is 1. The van der Waals surface area contributed by atoms with E-state index < -0.39 is 6.10 Å². The first-order valence-electron chi connectivity index (χ1n) is 8.11. The molecule has 1 atom stereocenters. The van der Waals surface area contributed by atoms with Crippen LogP contribution in [0.5, 0.6) is 5.75 Å². The zero-order chi connectivity index (χ0) is 17.8. The third kappa shape index (κ3) is 4.18. The number of hydrogen-bond acceptors (Lipinski definition) is 4. The van der Waals surface area contributed by atoms with E-state index in [-0.39, 0.29) is 18.7 Å². The lowest BCUT2D eigenvalue weighted by Crippen LogP contribution is -2.30. The van der Waals surface area contributed by atoms with E-state index >= 15 is 0 Å². The van der Waals surface area contributed by atoms with Gasteiger partial charge in [0.15, 0.2) is 0 Å². The smallest absolute Gasteiger partial charge is 0.261 e. The fourth-order valence-corrected chi connectivity index (χ4v) is 2.76. The number of benzene rings is 2. The summed E-state index contributed by atoms with van der Waals surface area (Å²) in [6.07, 6.45) is 1.51. The standard InChI is InChI=1S/C19H19ClN2O3/c1-2-13-4-3-5-16(8-13)25-11-15(23)10-22-12-21-18-9-14(20)6-7-17(18)19(22)24/h3-9,12,15,23H,2,10-11H2,1H3/t15-/m0/s1. The van der Waals surface area contributed by atoms with E-state index in [0.717, 1.165) is 6.42 Å². The summed E-state index contributed by atoms with van der Waals surface area (Å²) in [7, 11) is 0. The van der Waals surface area contributed by atoms with Crippen molar-refractivity contribution in [3.05, 3.63) is 69.7 Å². The molecule has 3 rings (SSSR count). The van der Waals surface area contributed by atoms with Crippen molar-refractivity contribution in [2.75, 3.05) is 6.61 Å². The lowest BCUT2D eigenvalue weighted by Gasteiger charge is -2.14. The number of ether oxygens (including phenoxy) is 1. The van der Waals surface area contributed by atoms with Crippen molar-refractivity contribution in [1.82, 2.24) is 9.55 Å². The maximum Gasteiger partial charge on any atom is 0.261 e. The summed E-state index contributed by atoms with van der Waals surface area (Å²) in [5, 5.41) is 11.2. The van der Waals surface area contributed by atoms with E-state index in [1.807, 2.05) is 24.3 Å². The Bertz CT molecular complexity index is 939. The second-order valence-corrected chi connectivity index (χ2v) is 6.27. The average Bonchev–Trinajstić information content (AvgIpc) is 2.62. The molecule has 25 heavy (non-hydrogen) atoms. The molecule has 1 N–H and O–H groups in total. The molecule has 0 unspecified atom stereocenters. The number of fused-ring (bicyclic) bond motifs is 1. The number of aromatic nitrogens is 2. The zero-order valence-electron chi connectivity index (χ0n) is 13.9. The highest BCUT2D eigenvalue weighted by Gasteiger charge is 2.10. The molecule has 1 heterocycles. The molecule has 0 spiro atoms. The van der Waals surface area contributed by atoms with Gasteiger partial charge in [-0.2, -0.15) is 0 Å². The van der Waals surface area contributed by atoms with Crippen molar-refractivity contribution >= 4 is 22.5 Å². The van der Waals surface area contributed by atoms with Crippen LogP contribution in [-0.4, -0.2) is 27.4 Å². The van der Waals surface area contributed by atoms with Crippen LogP contribution in [0, 0.1) is 0 Å². The molecule has 130 valence electrons. The van der Waals surface area contributed by atoms with Gasteiger partial charge in [0.25, 0.3) is 5.56 Å². The number of aliphatic hydroxyl groups excluding tert-OH is 1. The van der Waals surface area contributed by atoms with Gasteiger partial charge in [-0.3, -0.25) is 9.36 Å². The summed E-state index contributed by atoms with van der Waals surface area (Å²) in [6.45, 7) is 2.27. The van der Waals surface area contributed by atoms with E-state index in [4.69, 9.17) is 16.3 Å².